The molecule has 0 radical (unpaired) electrons. The van der Waals surface area contributed by atoms with Crippen LogP contribution in [0.25, 0.3) is 0 Å². The lowest BCUT2D eigenvalue weighted by atomic mass is 9.82. The summed E-state index contributed by atoms with van der Waals surface area (Å²) in [5.74, 6) is -3.43. The SMILES string of the molecule is CCC(C)OC(=O)Oc1ccc(C(C(C)COC(=O)CC(C)(C)C)[C@H](N)C(=O)O)cc1OC(=O)OC(C)CC. The summed E-state index contributed by atoms with van der Waals surface area (Å²) in [7, 11) is 0. The van der Waals surface area contributed by atoms with Crippen molar-refractivity contribution in [3.05, 3.63) is 23.8 Å². The van der Waals surface area contributed by atoms with Gasteiger partial charge in [0.15, 0.2) is 11.5 Å². The molecule has 11 heteroatoms. The molecular weight excluding hydrogens is 510 g/mol. The highest BCUT2D eigenvalue weighted by atomic mass is 16.7. The number of ether oxygens (including phenoxy) is 5. The normalized spacial score (nSPS) is 15.2. The second kappa shape index (κ2) is 15.3. The topological polar surface area (TPSA) is 161 Å². The van der Waals surface area contributed by atoms with E-state index in [1.807, 2.05) is 34.6 Å². The summed E-state index contributed by atoms with van der Waals surface area (Å²) in [6.45, 7) is 14.3. The number of nitrogens with two attached hydrogens (primary N) is 1. The first-order valence-electron chi connectivity index (χ1n) is 13.1. The number of carbonyl (C=O) groups excluding carboxylic acids is 3. The smallest absolute Gasteiger partial charge is 0.480 e. The fourth-order valence-corrected chi connectivity index (χ4v) is 3.47. The molecule has 0 saturated heterocycles. The summed E-state index contributed by atoms with van der Waals surface area (Å²) in [6, 6.07) is 2.81. The van der Waals surface area contributed by atoms with Gasteiger partial charge in [0.05, 0.1) is 13.0 Å². The summed E-state index contributed by atoms with van der Waals surface area (Å²) < 4.78 is 26.3. The Bertz CT molecular complexity index is 987. The number of hydrogen-bond acceptors (Lipinski definition) is 10. The van der Waals surface area contributed by atoms with Crippen LogP contribution in [0.2, 0.25) is 0 Å². The highest BCUT2D eigenvalue weighted by Crippen LogP contribution is 2.36. The van der Waals surface area contributed by atoms with Gasteiger partial charge in [-0.05, 0) is 55.7 Å². The molecule has 0 amide bonds. The Labute approximate surface area is 230 Å². The molecule has 220 valence electrons. The van der Waals surface area contributed by atoms with Crippen LogP contribution in [0.5, 0.6) is 11.5 Å². The lowest BCUT2D eigenvalue weighted by Crippen LogP contribution is -2.40. The third-order valence-corrected chi connectivity index (χ3v) is 5.95. The molecule has 1 aromatic rings. The minimum atomic E-state index is -1.39. The van der Waals surface area contributed by atoms with Crippen molar-refractivity contribution in [2.24, 2.45) is 17.1 Å². The molecule has 0 spiro atoms. The van der Waals surface area contributed by atoms with Crippen LogP contribution in [0.15, 0.2) is 18.2 Å². The van der Waals surface area contributed by atoms with Gasteiger partial charge >= 0.3 is 24.2 Å². The molecule has 0 fully saturated rings. The van der Waals surface area contributed by atoms with E-state index in [9.17, 15) is 24.3 Å². The number of carboxylic acid groups (broad SMARTS) is 1. The molecule has 1 aromatic carbocycles. The van der Waals surface area contributed by atoms with Crippen molar-refractivity contribution in [2.45, 2.75) is 98.8 Å². The Morgan fingerprint density at radius 3 is 1.87 bits per heavy atom. The number of carboxylic acids is 1. The van der Waals surface area contributed by atoms with E-state index < -0.39 is 54.3 Å². The molecule has 0 aromatic heterocycles. The first-order valence-corrected chi connectivity index (χ1v) is 13.1. The minimum absolute atomic E-state index is 0.0910. The second-order valence-electron chi connectivity index (χ2n) is 10.9. The molecule has 0 aliphatic heterocycles. The first kappa shape index (κ1) is 33.7. The van der Waals surface area contributed by atoms with Gasteiger partial charge in [0.1, 0.15) is 18.2 Å². The Hall–Kier alpha value is -3.34. The molecule has 0 aliphatic carbocycles. The highest BCUT2D eigenvalue weighted by Gasteiger charge is 2.33. The van der Waals surface area contributed by atoms with Gasteiger partial charge in [-0.3, -0.25) is 9.59 Å². The zero-order chi connectivity index (χ0) is 29.9. The van der Waals surface area contributed by atoms with E-state index in [1.165, 1.54) is 18.2 Å². The summed E-state index contributed by atoms with van der Waals surface area (Å²) in [6.07, 6.45) is -1.59. The maximum absolute atomic E-state index is 12.4. The van der Waals surface area contributed by atoms with Crippen LogP contribution in [-0.4, -0.2) is 54.2 Å². The van der Waals surface area contributed by atoms with E-state index in [0.29, 0.717) is 18.4 Å². The van der Waals surface area contributed by atoms with E-state index in [4.69, 9.17) is 29.4 Å². The van der Waals surface area contributed by atoms with Crippen molar-refractivity contribution in [2.75, 3.05) is 6.61 Å². The van der Waals surface area contributed by atoms with Crippen LogP contribution < -0.4 is 15.2 Å². The molecule has 3 N–H and O–H groups in total. The lowest BCUT2D eigenvalue weighted by molar-refractivity contribution is -0.147. The van der Waals surface area contributed by atoms with E-state index in [-0.39, 0.29) is 29.9 Å². The number of carbonyl (C=O) groups is 4. The van der Waals surface area contributed by atoms with Gasteiger partial charge < -0.3 is 34.5 Å². The van der Waals surface area contributed by atoms with Crippen molar-refractivity contribution in [3.63, 3.8) is 0 Å². The summed E-state index contributed by atoms with van der Waals surface area (Å²) in [4.78, 5) is 48.8. The minimum Gasteiger partial charge on any atom is -0.480 e. The molecule has 0 saturated carbocycles. The van der Waals surface area contributed by atoms with Gasteiger partial charge in [-0.15, -0.1) is 0 Å². The van der Waals surface area contributed by atoms with Crippen LogP contribution >= 0.6 is 0 Å². The van der Waals surface area contributed by atoms with E-state index >= 15 is 0 Å². The van der Waals surface area contributed by atoms with Crippen molar-refractivity contribution >= 4 is 24.2 Å². The number of esters is 1. The number of aliphatic carboxylic acids is 1. The summed E-state index contributed by atoms with van der Waals surface area (Å²) >= 11 is 0. The quantitative estimate of drug-likeness (QED) is 0.182. The Kier molecular flexibility index (Phi) is 13.2. The van der Waals surface area contributed by atoms with Crippen molar-refractivity contribution < 1.29 is 48.0 Å². The van der Waals surface area contributed by atoms with Gasteiger partial charge in [0, 0.05) is 5.92 Å². The first-order chi connectivity index (χ1) is 18.1. The number of benzene rings is 1. The lowest BCUT2D eigenvalue weighted by Gasteiger charge is -2.28. The zero-order valence-electron chi connectivity index (χ0n) is 24.1. The van der Waals surface area contributed by atoms with Crippen molar-refractivity contribution in [3.8, 4) is 11.5 Å². The maximum atomic E-state index is 12.4. The van der Waals surface area contributed by atoms with Gasteiger partial charge in [-0.1, -0.05) is 47.6 Å². The Balaban J connectivity index is 3.36. The molecule has 4 unspecified atom stereocenters. The molecule has 39 heavy (non-hydrogen) atoms. The van der Waals surface area contributed by atoms with Crippen molar-refractivity contribution in [1.29, 1.82) is 0 Å². The molecule has 0 bridgehead atoms. The Morgan fingerprint density at radius 1 is 0.897 bits per heavy atom. The fourth-order valence-electron chi connectivity index (χ4n) is 3.47. The van der Waals surface area contributed by atoms with E-state index in [1.54, 1.807) is 20.8 Å². The largest absolute Gasteiger partial charge is 0.514 e. The zero-order valence-corrected chi connectivity index (χ0v) is 24.1. The van der Waals surface area contributed by atoms with Gasteiger partial charge in [0.25, 0.3) is 0 Å². The maximum Gasteiger partial charge on any atom is 0.514 e. The molecular formula is C28H43NO10. The summed E-state index contributed by atoms with van der Waals surface area (Å²) in [5.41, 5.74) is 6.13. The molecule has 11 nitrogen and oxygen atoms in total. The third kappa shape index (κ3) is 11.9. The monoisotopic (exact) mass is 553 g/mol. The molecule has 0 aliphatic rings. The van der Waals surface area contributed by atoms with Crippen LogP contribution in [0.1, 0.15) is 86.1 Å². The second-order valence-corrected chi connectivity index (χ2v) is 10.9. The van der Waals surface area contributed by atoms with Crippen molar-refractivity contribution in [1.82, 2.24) is 0 Å². The number of hydrogen-bond donors (Lipinski definition) is 2. The average molecular weight is 554 g/mol. The van der Waals surface area contributed by atoms with Crippen LogP contribution in [0.3, 0.4) is 0 Å². The van der Waals surface area contributed by atoms with E-state index in [0.717, 1.165) is 0 Å². The highest BCUT2D eigenvalue weighted by molar-refractivity contribution is 5.75. The molecule has 0 heterocycles. The van der Waals surface area contributed by atoms with Crippen LogP contribution in [0, 0.1) is 11.3 Å². The van der Waals surface area contributed by atoms with Crippen LogP contribution in [0.4, 0.5) is 9.59 Å². The standard InChI is InChI=1S/C28H43NO10/c1-9-17(4)36-26(33)38-20-12-11-19(13-21(20)39-27(34)37-18(5)10-2)23(24(29)25(31)32)16(3)15-35-22(30)14-28(6,7)8/h11-13,16-18,23-24H,9-10,14-15,29H2,1-8H3,(H,31,32)/t16?,17?,18?,23?,24-/m0/s1. The predicted molar refractivity (Wildman–Crippen MR) is 143 cm³/mol. The van der Waals surface area contributed by atoms with Crippen LogP contribution in [-0.2, 0) is 23.8 Å². The third-order valence-electron chi connectivity index (χ3n) is 5.95. The average Bonchev–Trinajstić information content (AvgIpc) is 2.82. The summed E-state index contributed by atoms with van der Waals surface area (Å²) in [5, 5.41) is 9.69. The molecule has 5 atom stereocenters. The van der Waals surface area contributed by atoms with Gasteiger partial charge in [-0.2, -0.15) is 0 Å². The van der Waals surface area contributed by atoms with Gasteiger partial charge in [-0.25, -0.2) is 9.59 Å². The predicted octanol–water partition coefficient (Wildman–Crippen LogP) is 5.43. The Morgan fingerprint density at radius 2 is 1.41 bits per heavy atom. The fraction of sp³-hybridized carbons (Fsp3) is 0.643. The number of rotatable bonds is 13. The van der Waals surface area contributed by atoms with E-state index in [2.05, 4.69) is 0 Å². The molecule has 1 rings (SSSR count). The van der Waals surface area contributed by atoms with Gasteiger partial charge in [0.2, 0.25) is 0 Å².